The van der Waals surface area contributed by atoms with Gasteiger partial charge in [-0.05, 0) is 18.7 Å². The Morgan fingerprint density at radius 1 is 1.35 bits per heavy atom. The number of hydrogen-bond donors (Lipinski definition) is 2. The van der Waals surface area contributed by atoms with Gasteiger partial charge in [-0.25, -0.2) is 9.48 Å². The fraction of sp³-hybridized carbons (Fsp3) is 0.417. The number of carbonyl (C=O) groups excluding carboxylic acids is 1. The predicted molar refractivity (Wildman–Crippen MR) is 78.3 cm³/mol. The first-order chi connectivity index (χ1) is 9.22. The van der Waals surface area contributed by atoms with E-state index in [0.29, 0.717) is 18.7 Å². The van der Waals surface area contributed by atoms with Crippen LogP contribution in [0.3, 0.4) is 0 Å². The molecule has 0 unspecified atom stereocenters. The molecule has 0 spiro atoms. The third kappa shape index (κ3) is 3.82. The largest absolute Gasteiger partial charge is 0.353 e. The molecular formula is C12H18ClN5O2. The van der Waals surface area contributed by atoms with Gasteiger partial charge in [-0.3, -0.25) is 9.20 Å². The fourth-order valence-corrected chi connectivity index (χ4v) is 1.73. The van der Waals surface area contributed by atoms with Crippen LogP contribution in [0.25, 0.3) is 5.65 Å². The number of amides is 1. The second kappa shape index (κ2) is 7.66. The lowest BCUT2D eigenvalue weighted by Gasteiger charge is -2.04. The van der Waals surface area contributed by atoms with E-state index in [4.69, 9.17) is 0 Å². The highest BCUT2D eigenvalue weighted by Gasteiger charge is 2.09. The molecular weight excluding hydrogens is 282 g/mol. The quantitative estimate of drug-likeness (QED) is 0.714. The predicted octanol–water partition coefficient (Wildman–Crippen LogP) is -0.356. The summed E-state index contributed by atoms with van der Waals surface area (Å²) >= 11 is 0. The Kier molecular flexibility index (Phi) is 6.20. The fourth-order valence-electron chi connectivity index (χ4n) is 1.73. The van der Waals surface area contributed by atoms with Crippen molar-refractivity contribution >= 4 is 24.0 Å². The lowest BCUT2D eigenvalue weighted by molar-refractivity contribution is -0.121. The molecule has 0 aliphatic carbocycles. The second-order valence-corrected chi connectivity index (χ2v) is 4.07. The lowest BCUT2D eigenvalue weighted by atomic mass is 10.5. The normalized spacial score (nSPS) is 10.2. The Labute approximate surface area is 122 Å². The molecule has 8 heteroatoms. The van der Waals surface area contributed by atoms with Crippen molar-refractivity contribution in [2.45, 2.75) is 13.5 Å². The number of hydrogen-bond acceptors (Lipinski definition) is 4. The number of pyridine rings is 1. The van der Waals surface area contributed by atoms with Gasteiger partial charge in [0, 0.05) is 19.3 Å². The number of aromatic nitrogens is 3. The molecule has 20 heavy (non-hydrogen) atoms. The summed E-state index contributed by atoms with van der Waals surface area (Å²) in [5, 5.41) is 9.91. The third-order valence-corrected chi connectivity index (χ3v) is 2.66. The SMILES string of the molecule is CCNCCNC(=O)Cn1nc2ccccn2c1=O.Cl. The first-order valence-corrected chi connectivity index (χ1v) is 6.24. The minimum Gasteiger partial charge on any atom is -0.353 e. The summed E-state index contributed by atoms with van der Waals surface area (Å²) in [7, 11) is 0. The van der Waals surface area contributed by atoms with Crippen molar-refractivity contribution in [1.82, 2.24) is 24.8 Å². The zero-order valence-electron chi connectivity index (χ0n) is 11.2. The molecule has 0 aliphatic rings. The molecule has 0 fully saturated rings. The van der Waals surface area contributed by atoms with Crippen LogP contribution in [-0.2, 0) is 11.3 Å². The van der Waals surface area contributed by atoms with Crippen LogP contribution in [0.2, 0.25) is 0 Å². The maximum atomic E-state index is 11.9. The molecule has 2 rings (SSSR count). The van der Waals surface area contributed by atoms with Crippen LogP contribution < -0.4 is 16.3 Å². The molecule has 0 atom stereocenters. The highest BCUT2D eigenvalue weighted by Crippen LogP contribution is 1.94. The maximum Gasteiger partial charge on any atom is 0.350 e. The zero-order chi connectivity index (χ0) is 13.7. The standard InChI is InChI=1S/C12H17N5O2.ClH/c1-2-13-6-7-14-11(18)9-17-12(19)16-8-4-3-5-10(16)15-17;/h3-5,8,13H,2,6-7,9H2,1H3,(H,14,18);1H. The number of carbonyl (C=O) groups is 1. The van der Waals surface area contributed by atoms with Crippen LogP contribution in [0.5, 0.6) is 0 Å². The van der Waals surface area contributed by atoms with Crippen LogP contribution in [-0.4, -0.2) is 39.7 Å². The molecule has 0 aromatic carbocycles. The van der Waals surface area contributed by atoms with E-state index in [0.717, 1.165) is 11.2 Å². The number of likely N-dealkylation sites (N-methyl/N-ethyl adjacent to an activating group) is 1. The summed E-state index contributed by atoms with van der Waals surface area (Å²) in [6.07, 6.45) is 1.63. The molecule has 1 amide bonds. The molecule has 2 aromatic rings. The van der Waals surface area contributed by atoms with E-state index in [1.807, 2.05) is 6.92 Å². The average molecular weight is 300 g/mol. The van der Waals surface area contributed by atoms with E-state index in [1.165, 1.54) is 4.40 Å². The van der Waals surface area contributed by atoms with E-state index in [9.17, 15) is 9.59 Å². The van der Waals surface area contributed by atoms with Crippen LogP contribution in [0, 0.1) is 0 Å². The number of fused-ring (bicyclic) bond motifs is 1. The first kappa shape index (κ1) is 16.2. The van der Waals surface area contributed by atoms with Crippen LogP contribution >= 0.6 is 12.4 Å². The number of rotatable bonds is 6. The molecule has 0 radical (unpaired) electrons. The van der Waals surface area contributed by atoms with Crippen LogP contribution in [0.15, 0.2) is 29.2 Å². The number of nitrogens with zero attached hydrogens (tertiary/aromatic N) is 3. The van der Waals surface area contributed by atoms with Gasteiger partial charge in [0.2, 0.25) is 5.91 Å². The van der Waals surface area contributed by atoms with E-state index < -0.39 is 0 Å². The summed E-state index contributed by atoms with van der Waals surface area (Å²) in [4.78, 5) is 23.6. The molecule has 2 heterocycles. The van der Waals surface area contributed by atoms with Crippen LogP contribution in [0.1, 0.15) is 6.92 Å². The van der Waals surface area contributed by atoms with Gasteiger partial charge in [0.25, 0.3) is 0 Å². The van der Waals surface area contributed by atoms with Gasteiger partial charge in [0.1, 0.15) is 6.54 Å². The molecule has 0 saturated heterocycles. The summed E-state index contributed by atoms with van der Waals surface area (Å²) in [6.45, 7) is 4.05. The van der Waals surface area contributed by atoms with Gasteiger partial charge in [0.15, 0.2) is 5.65 Å². The summed E-state index contributed by atoms with van der Waals surface area (Å²) in [5.41, 5.74) is 0.227. The van der Waals surface area contributed by atoms with Crippen molar-refractivity contribution in [3.63, 3.8) is 0 Å². The molecule has 7 nitrogen and oxygen atoms in total. The number of halogens is 1. The molecule has 2 aromatic heterocycles. The second-order valence-electron chi connectivity index (χ2n) is 4.07. The summed E-state index contributed by atoms with van der Waals surface area (Å²) in [6, 6.07) is 5.26. The highest BCUT2D eigenvalue weighted by molar-refractivity contribution is 5.85. The van der Waals surface area contributed by atoms with E-state index >= 15 is 0 Å². The minimum atomic E-state index is -0.308. The maximum absolute atomic E-state index is 11.9. The van der Waals surface area contributed by atoms with Crippen LogP contribution in [0.4, 0.5) is 0 Å². The minimum absolute atomic E-state index is 0. The third-order valence-electron chi connectivity index (χ3n) is 2.66. The van der Waals surface area contributed by atoms with Crippen molar-refractivity contribution < 1.29 is 4.79 Å². The van der Waals surface area contributed by atoms with Gasteiger partial charge in [-0.15, -0.1) is 17.5 Å². The van der Waals surface area contributed by atoms with Crippen molar-refractivity contribution in [3.05, 3.63) is 34.9 Å². The Balaban J connectivity index is 0.00000200. The Morgan fingerprint density at radius 3 is 2.85 bits per heavy atom. The molecule has 0 aliphatic heterocycles. The van der Waals surface area contributed by atoms with Crippen molar-refractivity contribution in [3.8, 4) is 0 Å². The highest BCUT2D eigenvalue weighted by atomic mass is 35.5. The zero-order valence-corrected chi connectivity index (χ0v) is 12.0. The molecule has 110 valence electrons. The summed E-state index contributed by atoms with van der Waals surface area (Å²) in [5.74, 6) is -0.219. The van der Waals surface area contributed by atoms with Gasteiger partial charge in [0.05, 0.1) is 0 Å². The Morgan fingerprint density at radius 2 is 2.15 bits per heavy atom. The van der Waals surface area contributed by atoms with Gasteiger partial charge < -0.3 is 10.6 Å². The lowest BCUT2D eigenvalue weighted by Crippen LogP contribution is -2.36. The monoisotopic (exact) mass is 299 g/mol. The average Bonchev–Trinajstić information content (AvgIpc) is 2.72. The molecule has 0 saturated carbocycles. The van der Waals surface area contributed by atoms with E-state index in [1.54, 1.807) is 24.4 Å². The topological polar surface area (TPSA) is 80.4 Å². The van der Waals surface area contributed by atoms with Crippen molar-refractivity contribution in [2.75, 3.05) is 19.6 Å². The van der Waals surface area contributed by atoms with Gasteiger partial charge in [-0.1, -0.05) is 13.0 Å². The first-order valence-electron chi connectivity index (χ1n) is 6.24. The number of nitrogens with one attached hydrogen (secondary N) is 2. The Hall–Kier alpha value is -1.86. The van der Waals surface area contributed by atoms with E-state index in [2.05, 4.69) is 15.7 Å². The van der Waals surface area contributed by atoms with E-state index in [-0.39, 0.29) is 30.5 Å². The smallest absolute Gasteiger partial charge is 0.350 e. The summed E-state index contributed by atoms with van der Waals surface area (Å²) < 4.78 is 2.57. The van der Waals surface area contributed by atoms with Crippen molar-refractivity contribution in [1.29, 1.82) is 0 Å². The van der Waals surface area contributed by atoms with Crippen molar-refractivity contribution in [2.24, 2.45) is 0 Å². The van der Waals surface area contributed by atoms with Gasteiger partial charge in [-0.2, -0.15) is 0 Å². The molecule has 2 N–H and O–H groups in total. The molecule has 0 bridgehead atoms. The van der Waals surface area contributed by atoms with Gasteiger partial charge >= 0.3 is 5.69 Å². The Bertz CT molecular complexity index is 622.